The van der Waals surface area contributed by atoms with Crippen LogP contribution < -0.4 is 24.8 Å². The molecule has 0 unspecified atom stereocenters. The lowest BCUT2D eigenvalue weighted by Crippen LogP contribution is -2.45. The van der Waals surface area contributed by atoms with Crippen LogP contribution in [0.25, 0.3) is 0 Å². The Balaban J connectivity index is 1.23. The minimum atomic E-state index is -0.462. The summed E-state index contributed by atoms with van der Waals surface area (Å²) in [6.45, 7) is 3.77. The molecule has 4 heterocycles. The minimum absolute atomic E-state index is 0.0327. The second-order valence-electron chi connectivity index (χ2n) is 11.1. The third-order valence-corrected chi connectivity index (χ3v) is 7.80. The van der Waals surface area contributed by atoms with E-state index in [1.54, 1.807) is 34.0 Å². The molecule has 4 bridgehead atoms. The van der Waals surface area contributed by atoms with Gasteiger partial charge in [-0.05, 0) is 61.6 Å². The second-order valence-corrected chi connectivity index (χ2v) is 11.1. The Labute approximate surface area is 244 Å². The van der Waals surface area contributed by atoms with E-state index < -0.39 is 12.1 Å². The average Bonchev–Trinajstić information content (AvgIpc) is 3.61. The first kappa shape index (κ1) is 27.6. The standard InChI is InChI=1S/C31H35N5O6/c1-20-8-10-33-36(20)11-9-30(38)35-16-27-28(17-35)42-24-6-4-21(5-7-24)15-32-29(37)19-41-26-13-23(31(39)34-27)12-25(14-26)40-18-22-2-3-22/h4-8,10,12-14,22,27-28H,2-3,9,11,15-19H2,1H3,(H,32,37)(H,34,39)/t27-,28-/m0/s1. The molecule has 1 aromatic heterocycles. The van der Waals surface area contributed by atoms with Gasteiger partial charge in [-0.1, -0.05) is 12.1 Å². The molecule has 2 atom stereocenters. The number of nitrogens with one attached hydrogen (secondary N) is 2. The summed E-state index contributed by atoms with van der Waals surface area (Å²) in [5.41, 5.74) is 2.23. The number of carbonyl (C=O) groups excluding carboxylic acids is 3. The van der Waals surface area contributed by atoms with Crippen LogP contribution >= 0.6 is 0 Å². The first-order valence-electron chi connectivity index (χ1n) is 14.4. The van der Waals surface area contributed by atoms with Gasteiger partial charge >= 0.3 is 0 Å². The van der Waals surface area contributed by atoms with Gasteiger partial charge in [0.05, 0.1) is 19.2 Å². The Kier molecular flexibility index (Phi) is 7.98. The van der Waals surface area contributed by atoms with Gasteiger partial charge < -0.3 is 29.7 Å². The number of rotatable bonds is 6. The lowest BCUT2D eigenvalue weighted by atomic mass is 10.1. The molecule has 7 rings (SSSR count). The van der Waals surface area contributed by atoms with Crippen molar-refractivity contribution in [2.75, 3.05) is 26.3 Å². The summed E-state index contributed by atoms with van der Waals surface area (Å²) >= 11 is 0. The van der Waals surface area contributed by atoms with E-state index >= 15 is 0 Å². The van der Waals surface area contributed by atoms with Gasteiger partial charge in [-0.25, -0.2) is 0 Å². The van der Waals surface area contributed by atoms with E-state index in [-0.39, 0.29) is 30.7 Å². The minimum Gasteiger partial charge on any atom is -0.493 e. The van der Waals surface area contributed by atoms with E-state index in [1.807, 2.05) is 37.3 Å². The van der Waals surface area contributed by atoms with Crippen LogP contribution in [0, 0.1) is 12.8 Å². The molecule has 0 spiro atoms. The van der Waals surface area contributed by atoms with Crippen molar-refractivity contribution in [1.82, 2.24) is 25.3 Å². The van der Waals surface area contributed by atoms with Crippen LogP contribution in [-0.2, 0) is 22.7 Å². The maximum Gasteiger partial charge on any atom is 0.258 e. The number of nitrogens with zero attached hydrogens (tertiary/aromatic N) is 3. The van der Waals surface area contributed by atoms with Crippen molar-refractivity contribution in [3.63, 3.8) is 0 Å². The summed E-state index contributed by atoms with van der Waals surface area (Å²) < 4.78 is 19.9. The zero-order valence-electron chi connectivity index (χ0n) is 23.6. The van der Waals surface area contributed by atoms with Crippen molar-refractivity contribution in [2.45, 2.75) is 51.4 Å². The van der Waals surface area contributed by atoms with Crippen molar-refractivity contribution >= 4 is 17.7 Å². The predicted molar refractivity (Wildman–Crippen MR) is 152 cm³/mol. The molecule has 1 aliphatic carbocycles. The number of benzene rings is 2. The number of fused-ring (bicyclic) bond motifs is 7. The largest absolute Gasteiger partial charge is 0.493 e. The van der Waals surface area contributed by atoms with Crippen LogP contribution in [0.1, 0.15) is 40.9 Å². The Morgan fingerprint density at radius 1 is 1.07 bits per heavy atom. The van der Waals surface area contributed by atoms with Crippen molar-refractivity contribution < 1.29 is 28.6 Å². The number of hydrogen-bond acceptors (Lipinski definition) is 7. The van der Waals surface area contributed by atoms with Crippen LogP contribution in [-0.4, -0.2) is 70.9 Å². The molecule has 1 saturated heterocycles. The highest BCUT2D eigenvalue weighted by Gasteiger charge is 2.38. The summed E-state index contributed by atoms with van der Waals surface area (Å²) in [7, 11) is 0. The molecule has 2 fully saturated rings. The zero-order valence-corrected chi connectivity index (χ0v) is 23.6. The summed E-state index contributed by atoms with van der Waals surface area (Å²) in [6, 6.07) is 13.8. The number of carbonyl (C=O) groups is 3. The summed E-state index contributed by atoms with van der Waals surface area (Å²) in [5, 5.41) is 10.2. The summed E-state index contributed by atoms with van der Waals surface area (Å²) in [5.74, 6) is 1.35. The highest BCUT2D eigenvalue weighted by Crippen LogP contribution is 2.31. The van der Waals surface area contributed by atoms with Crippen molar-refractivity contribution in [3.05, 3.63) is 71.5 Å². The molecule has 11 nitrogen and oxygen atoms in total. The average molecular weight is 574 g/mol. The van der Waals surface area contributed by atoms with Gasteiger partial charge in [0.2, 0.25) is 5.91 Å². The SMILES string of the molecule is Cc1ccnn1CCC(=O)N1C[C@@H]2NC(=O)c3cc(cc(OCC4CC4)c3)OCC(=O)NCc3ccc(cc3)O[C@H]2C1. The summed E-state index contributed by atoms with van der Waals surface area (Å²) in [4.78, 5) is 41.0. The molecule has 0 radical (unpaired) electrons. The molecule has 1 saturated carbocycles. The van der Waals surface area contributed by atoms with Gasteiger partial charge in [-0.15, -0.1) is 0 Å². The highest BCUT2D eigenvalue weighted by atomic mass is 16.5. The van der Waals surface area contributed by atoms with Crippen LogP contribution in [0.4, 0.5) is 0 Å². The first-order valence-corrected chi connectivity index (χ1v) is 14.4. The van der Waals surface area contributed by atoms with Gasteiger partial charge in [0.15, 0.2) is 6.61 Å². The van der Waals surface area contributed by atoms with E-state index in [9.17, 15) is 14.4 Å². The Bertz CT molecular complexity index is 1450. The number of likely N-dealkylation sites (tertiary alicyclic amines) is 1. The predicted octanol–water partition coefficient (Wildman–Crippen LogP) is 2.47. The van der Waals surface area contributed by atoms with Gasteiger partial charge in [0.1, 0.15) is 23.4 Å². The smallest absolute Gasteiger partial charge is 0.258 e. The fourth-order valence-electron chi connectivity index (χ4n) is 5.11. The van der Waals surface area contributed by atoms with E-state index in [4.69, 9.17) is 14.2 Å². The van der Waals surface area contributed by atoms with Gasteiger partial charge in [-0.3, -0.25) is 19.1 Å². The molecular formula is C31H35N5O6. The maximum absolute atomic E-state index is 13.6. The van der Waals surface area contributed by atoms with Crippen molar-refractivity contribution in [3.8, 4) is 17.2 Å². The Morgan fingerprint density at radius 2 is 1.90 bits per heavy atom. The maximum atomic E-state index is 13.6. The lowest BCUT2D eigenvalue weighted by Gasteiger charge is -2.21. The molecule has 42 heavy (non-hydrogen) atoms. The fourth-order valence-corrected chi connectivity index (χ4v) is 5.11. The molecule has 2 N–H and O–H groups in total. The number of ether oxygens (including phenoxy) is 3. The summed E-state index contributed by atoms with van der Waals surface area (Å²) in [6.07, 6.45) is 3.80. The number of hydrogen-bond donors (Lipinski definition) is 2. The molecule has 11 heteroatoms. The monoisotopic (exact) mass is 573 g/mol. The van der Waals surface area contributed by atoms with Crippen LogP contribution in [0.15, 0.2) is 54.7 Å². The van der Waals surface area contributed by atoms with E-state index in [0.29, 0.717) is 61.5 Å². The highest BCUT2D eigenvalue weighted by molar-refractivity contribution is 5.95. The molecule has 2 aromatic carbocycles. The van der Waals surface area contributed by atoms with Gasteiger partial charge in [0, 0.05) is 49.6 Å². The fraction of sp³-hybridized carbons (Fsp3) is 0.419. The third kappa shape index (κ3) is 6.84. The van der Waals surface area contributed by atoms with Gasteiger partial charge in [-0.2, -0.15) is 5.10 Å². The van der Waals surface area contributed by atoms with Crippen LogP contribution in [0.3, 0.4) is 0 Å². The quantitative estimate of drug-likeness (QED) is 0.464. The molecule has 3 aliphatic heterocycles. The number of aromatic nitrogens is 2. The lowest BCUT2D eigenvalue weighted by molar-refractivity contribution is -0.130. The Morgan fingerprint density at radius 3 is 2.67 bits per heavy atom. The van der Waals surface area contributed by atoms with Crippen LogP contribution in [0.2, 0.25) is 0 Å². The third-order valence-electron chi connectivity index (χ3n) is 7.80. The van der Waals surface area contributed by atoms with Crippen molar-refractivity contribution in [2.24, 2.45) is 5.92 Å². The van der Waals surface area contributed by atoms with Crippen molar-refractivity contribution in [1.29, 1.82) is 0 Å². The van der Waals surface area contributed by atoms with E-state index in [1.165, 1.54) is 0 Å². The molecule has 4 aliphatic rings. The normalized spacial score (nSPS) is 20.5. The molecule has 3 aromatic rings. The zero-order chi connectivity index (χ0) is 29.1. The number of aryl methyl sites for hydroxylation is 2. The van der Waals surface area contributed by atoms with E-state index in [0.717, 1.165) is 24.1 Å². The number of amides is 3. The molecular weight excluding hydrogens is 538 g/mol. The molecule has 220 valence electrons. The second kappa shape index (κ2) is 12.1. The van der Waals surface area contributed by atoms with Gasteiger partial charge in [0.25, 0.3) is 11.8 Å². The van der Waals surface area contributed by atoms with E-state index in [2.05, 4.69) is 15.7 Å². The topological polar surface area (TPSA) is 124 Å². The molecule has 3 amide bonds. The Hall–Kier alpha value is -4.54. The van der Waals surface area contributed by atoms with Crippen LogP contribution in [0.5, 0.6) is 17.2 Å². The first-order chi connectivity index (χ1) is 20.4.